The second-order valence-corrected chi connectivity index (χ2v) is 6.11. The molecule has 0 fully saturated rings. The Balaban J connectivity index is 2.07. The molecule has 2 aromatic carbocycles. The molecule has 5 heteroatoms. The number of carboxylic acids is 1. The number of carboxylic acid groups (broad SMARTS) is 1. The van der Waals surface area contributed by atoms with Crippen LogP contribution in [-0.4, -0.2) is 20.6 Å². The Morgan fingerprint density at radius 3 is 2.58 bits per heavy atom. The first kappa shape index (κ1) is 16.1. The van der Waals surface area contributed by atoms with Gasteiger partial charge in [-0.2, -0.15) is 0 Å². The summed E-state index contributed by atoms with van der Waals surface area (Å²) in [5, 5.41) is 9.38. The summed E-state index contributed by atoms with van der Waals surface area (Å²) in [5.41, 5.74) is 2.68. The van der Waals surface area contributed by atoms with Gasteiger partial charge in [-0.15, -0.1) is 0 Å². The molecular weight excluding hydrogens is 304 g/mol. The Labute approximate surface area is 140 Å². The van der Waals surface area contributed by atoms with Crippen LogP contribution in [-0.2, 0) is 13.7 Å². The lowest BCUT2D eigenvalue weighted by Crippen LogP contribution is -2.02. The quantitative estimate of drug-likeness (QED) is 0.771. The number of rotatable bonds is 5. The first-order chi connectivity index (χ1) is 11.5. The first-order valence-electron chi connectivity index (χ1n) is 7.87. The minimum absolute atomic E-state index is 0.198. The van der Waals surface area contributed by atoms with E-state index in [9.17, 15) is 9.90 Å². The lowest BCUT2D eigenvalue weighted by molar-refractivity contribution is 0.0696. The van der Waals surface area contributed by atoms with E-state index >= 15 is 0 Å². The van der Waals surface area contributed by atoms with Crippen LogP contribution in [0.15, 0.2) is 42.5 Å². The molecule has 3 rings (SSSR count). The number of aromatic nitrogens is 2. The fourth-order valence-electron chi connectivity index (χ4n) is 2.76. The summed E-state index contributed by atoms with van der Waals surface area (Å²) in [6, 6.07) is 13.0. The molecule has 1 heterocycles. The van der Waals surface area contributed by atoms with E-state index in [4.69, 9.17) is 4.74 Å². The second kappa shape index (κ2) is 6.35. The fourth-order valence-corrected chi connectivity index (χ4v) is 2.76. The molecule has 0 unspecified atom stereocenters. The van der Waals surface area contributed by atoms with E-state index in [-0.39, 0.29) is 11.5 Å². The van der Waals surface area contributed by atoms with Gasteiger partial charge in [-0.05, 0) is 17.7 Å². The summed E-state index contributed by atoms with van der Waals surface area (Å²) in [4.78, 5) is 16.1. The molecule has 0 amide bonds. The molecule has 0 radical (unpaired) electrons. The van der Waals surface area contributed by atoms with Gasteiger partial charge in [-0.1, -0.05) is 44.2 Å². The maximum Gasteiger partial charge on any atom is 0.335 e. The summed E-state index contributed by atoms with van der Waals surface area (Å²) in [7, 11) is 1.90. The van der Waals surface area contributed by atoms with Crippen molar-refractivity contribution < 1.29 is 14.6 Å². The number of carbonyl (C=O) groups is 1. The number of aromatic carboxylic acids is 1. The van der Waals surface area contributed by atoms with Crippen molar-refractivity contribution >= 4 is 17.0 Å². The van der Waals surface area contributed by atoms with Crippen LogP contribution < -0.4 is 4.74 Å². The number of imidazole rings is 1. The SMILES string of the molecule is CC(C)c1nc2c(OCc3ccccc3)cc(C(=O)O)cc2n1C. The fraction of sp³-hybridized carbons (Fsp3) is 0.263. The molecule has 0 saturated carbocycles. The highest BCUT2D eigenvalue weighted by Crippen LogP contribution is 2.30. The van der Waals surface area contributed by atoms with Gasteiger partial charge in [-0.3, -0.25) is 0 Å². The summed E-state index contributed by atoms with van der Waals surface area (Å²) < 4.78 is 7.84. The van der Waals surface area contributed by atoms with Gasteiger partial charge in [0.05, 0.1) is 11.1 Å². The first-order valence-corrected chi connectivity index (χ1v) is 7.87. The minimum Gasteiger partial charge on any atom is -0.487 e. The van der Waals surface area contributed by atoms with Crippen LogP contribution in [0.2, 0.25) is 0 Å². The molecule has 0 bridgehead atoms. The van der Waals surface area contributed by atoms with Crippen LogP contribution in [0, 0.1) is 0 Å². The van der Waals surface area contributed by atoms with Crippen LogP contribution in [0.1, 0.15) is 41.5 Å². The van der Waals surface area contributed by atoms with Crippen LogP contribution in [0.5, 0.6) is 5.75 Å². The Bertz CT molecular complexity index is 883. The van der Waals surface area contributed by atoms with Crippen molar-refractivity contribution in [3.05, 3.63) is 59.4 Å². The van der Waals surface area contributed by atoms with Gasteiger partial charge in [0.15, 0.2) is 0 Å². The van der Waals surface area contributed by atoms with E-state index in [1.807, 2.05) is 41.9 Å². The lowest BCUT2D eigenvalue weighted by atomic mass is 10.2. The number of fused-ring (bicyclic) bond motifs is 1. The molecule has 3 aromatic rings. The summed E-state index contributed by atoms with van der Waals surface area (Å²) in [6.45, 7) is 4.49. The van der Waals surface area contributed by atoms with Crippen molar-refractivity contribution in [1.82, 2.24) is 9.55 Å². The van der Waals surface area contributed by atoms with Gasteiger partial charge in [0.2, 0.25) is 0 Å². The van der Waals surface area contributed by atoms with Crippen LogP contribution >= 0.6 is 0 Å². The second-order valence-electron chi connectivity index (χ2n) is 6.11. The largest absolute Gasteiger partial charge is 0.487 e. The minimum atomic E-state index is -0.978. The number of hydrogen-bond acceptors (Lipinski definition) is 3. The number of hydrogen-bond donors (Lipinski definition) is 1. The Kier molecular flexibility index (Phi) is 4.25. The molecule has 1 N–H and O–H groups in total. The molecule has 5 nitrogen and oxygen atoms in total. The molecule has 1 aromatic heterocycles. The Morgan fingerprint density at radius 2 is 1.96 bits per heavy atom. The molecule has 0 atom stereocenters. The maximum absolute atomic E-state index is 11.4. The summed E-state index contributed by atoms with van der Waals surface area (Å²) >= 11 is 0. The van der Waals surface area contributed by atoms with Gasteiger partial charge in [0, 0.05) is 13.0 Å². The third-order valence-electron chi connectivity index (χ3n) is 3.99. The number of benzene rings is 2. The summed E-state index contributed by atoms with van der Waals surface area (Å²) in [5.74, 6) is 0.653. The third-order valence-corrected chi connectivity index (χ3v) is 3.99. The van der Waals surface area contributed by atoms with Gasteiger partial charge in [0.25, 0.3) is 0 Å². The van der Waals surface area contributed by atoms with E-state index in [2.05, 4.69) is 18.8 Å². The molecule has 0 aliphatic heterocycles. The number of nitrogens with zero attached hydrogens (tertiary/aromatic N) is 2. The van der Waals surface area contributed by atoms with Crippen LogP contribution in [0.3, 0.4) is 0 Å². The van der Waals surface area contributed by atoms with Crippen molar-refractivity contribution in [2.45, 2.75) is 26.4 Å². The van der Waals surface area contributed by atoms with E-state index in [0.29, 0.717) is 17.9 Å². The predicted octanol–water partition coefficient (Wildman–Crippen LogP) is 3.97. The van der Waals surface area contributed by atoms with Crippen molar-refractivity contribution in [2.75, 3.05) is 0 Å². The smallest absolute Gasteiger partial charge is 0.335 e. The van der Waals surface area contributed by atoms with E-state index in [0.717, 1.165) is 16.9 Å². The van der Waals surface area contributed by atoms with Crippen LogP contribution in [0.4, 0.5) is 0 Å². The average Bonchev–Trinajstić information content (AvgIpc) is 2.91. The molecule has 0 aliphatic rings. The molecular formula is C19H20N2O3. The normalized spacial score (nSPS) is 11.2. The van der Waals surface area contributed by atoms with Crippen molar-refractivity contribution in [3.8, 4) is 5.75 Å². The van der Waals surface area contributed by atoms with Gasteiger partial charge < -0.3 is 14.4 Å². The van der Waals surface area contributed by atoms with E-state index in [1.54, 1.807) is 12.1 Å². The maximum atomic E-state index is 11.4. The molecule has 0 spiro atoms. The van der Waals surface area contributed by atoms with E-state index < -0.39 is 5.97 Å². The highest BCUT2D eigenvalue weighted by molar-refractivity contribution is 5.95. The average molecular weight is 324 g/mol. The van der Waals surface area contributed by atoms with E-state index in [1.165, 1.54) is 0 Å². The summed E-state index contributed by atoms with van der Waals surface area (Å²) in [6.07, 6.45) is 0. The topological polar surface area (TPSA) is 64.3 Å². The zero-order valence-electron chi connectivity index (χ0n) is 14.0. The van der Waals surface area contributed by atoms with Crippen molar-refractivity contribution in [1.29, 1.82) is 0 Å². The highest BCUT2D eigenvalue weighted by atomic mass is 16.5. The third kappa shape index (κ3) is 2.97. The van der Waals surface area contributed by atoms with Crippen LogP contribution in [0.25, 0.3) is 11.0 Å². The highest BCUT2D eigenvalue weighted by Gasteiger charge is 2.18. The standard InChI is InChI=1S/C19H20N2O3/c1-12(2)18-20-17-15(21(18)3)9-14(19(22)23)10-16(17)24-11-13-7-5-4-6-8-13/h4-10,12H,11H2,1-3H3,(H,22,23). The number of aryl methyl sites for hydroxylation is 1. The zero-order valence-corrected chi connectivity index (χ0v) is 14.0. The van der Waals surface area contributed by atoms with Gasteiger partial charge in [-0.25, -0.2) is 9.78 Å². The van der Waals surface area contributed by atoms with Gasteiger partial charge >= 0.3 is 5.97 Å². The molecule has 0 saturated heterocycles. The monoisotopic (exact) mass is 324 g/mol. The Hall–Kier alpha value is -2.82. The molecule has 24 heavy (non-hydrogen) atoms. The van der Waals surface area contributed by atoms with Crippen molar-refractivity contribution in [3.63, 3.8) is 0 Å². The predicted molar refractivity (Wildman–Crippen MR) is 92.5 cm³/mol. The number of ether oxygens (including phenoxy) is 1. The van der Waals surface area contributed by atoms with Gasteiger partial charge in [0.1, 0.15) is 23.7 Å². The molecule has 124 valence electrons. The Morgan fingerprint density at radius 1 is 1.25 bits per heavy atom. The zero-order chi connectivity index (χ0) is 17.3. The molecule has 0 aliphatic carbocycles. The van der Waals surface area contributed by atoms with Crippen molar-refractivity contribution in [2.24, 2.45) is 7.05 Å². The lowest BCUT2D eigenvalue weighted by Gasteiger charge is -2.09.